The molecule has 3 N–H and O–H groups in total. The van der Waals surface area contributed by atoms with Crippen molar-refractivity contribution < 1.29 is 5.11 Å². The number of halogens is 1. The topological polar surface area (TPSA) is 78.0 Å². The number of aromatic nitrogens is 2. The molecule has 94 valence electrons. The predicted molar refractivity (Wildman–Crippen MR) is 72.7 cm³/mol. The minimum absolute atomic E-state index is 0.0800. The molecule has 0 aliphatic carbocycles. The number of anilines is 1. The molecule has 0 unspecified atom stereocenters. The lowest BCUT2D eigenvalue weighted by molar-refractivity contribution is 0.451. The number of H-pyrrole nitrogens is 1. The molecule has 0 aliphatic rings. The van der Waals surface area contributed by atoms with Crippen LogP contribution in [0.5, 0.6) is 5.88 Å². The Bertz CT molecular complexity index is 625. The van der Waals surface area contributed by atoms with Crippen molar-refractivity contribution in [2.75, 3.05) is 5.32 Å². The fraction of sp³-hybridized carbons (Fsp3) is 0.167. The van der Waals surface area contributed by atoms with Crippen LogP contribution in [0.4, 0.5) is 5.69 Å². The SMILES string of the molecule is Cc1nc(O)c(NCc2ccccc2Br)c(=O)[nH]1. The average molecular weight is 310 g/mol. The number of hydrogen-bond acceptors (Lipinski definition) is 4. The van der Waals surface area contributed by atoms with Crippen LogP contribution >= 0.6 is 15.9 Å². The predicted octanol–water partition coefficient (Wildman–Crippen LogP) is 2.16. The van der Waals surface area contributed by atoms with E-state index in [1.807, 2.05) is 24.3 Å². The molecule has 0 radical (unpaired) electrons. The molecule has 1 heterocycles. The van der Waals surface area contributed by atoms with Crippen molar-refractivity contribution in [1.82, 2.24) is 9.97 Å². The number of aromatic amines is 1. The second-order valence-electron chi connectivity index (χ2n) is 3.79. The van der Waals surface area contributed by atoms with Gasteiger partial charge in [0.2, 0.25) is 5.88 Å². The summed E-state index contributed by atoms with van der Waals surface area (Å²) in [6.07, 6.45) is 0. The molecule has 0 spiro atoms. The summed E-state index contributed by atoms with van der Waals surface area (Å²) in [5.74, 6) is 0.0900. The molecule has 2 aromatic rings. The van der Waals surface area contributed by atoms with E-state index in [0.29, 0.717) is 12.4 Å². The lowest BCUT2D eigenvalue weighted by Gasteiger charge is -2.08. The van der Waals surface area contributed by atoms with Crippen LogP contribution in [0.2, 0.25) is 0 Å². The molecule has 0 bridgehead atoms. The van der Waals surface area contributed by atoms with Gasteiger partial charge in [0, 0.05) is 11.0 Å². The summed E-state index contributed by atoms with van der Waals surface area (Å²) in [6.45, 7) is 2.03. The molecule has 18 heavy (non-hydrogen) atoms. The van der Waals surface area contributed by atoms with E-state index in [9.17, 15) is 9.90 Å². The molecular weight excluding hydrogens is 298 g/mol. The number of nitrogens with zero attached hydrogens (tertiary/aromatic N) is 1. The third-order valence-electron chi connectivity index (χ3n) is 2.43. The Morgan fingerprint density at radius 3 is 2.83 bits per heavy atom. The summed E-state index contributed by atoms with van der Waals surface area (Å²) < 4.78 is 0.938. The highest BCUT2D eigenvalue weighted by Crippen LogP contribution is 2.19. The zero-order valence-electron chi connectivity index (χ0n) is 9.70. The van der Waals surface area contributed by atoms with Crippen LogP contribution in [0.3, 0.4) is 0 Å². The summed E-state index contributed by atoms with van der Waals surface area (Å²) in [7, 11) is 0. The summed E-state index contributed by atoms with van der Waals surface area (Å²) in [5, 5.41) is 12.5. The normalized spacial score (nSPS) is 10.3. The molecular formula is C12H12BrN3O2. The van der Waals surface area contributed by atoms with Crippen molar-refractivity contribution in [3.63, 3.8) is 0 Å². The van der Waals surface area contributed by atoms with E-state index in [2.05, 4.69) is 31.2 Å². The zero-order chi connectivity index (χ0) is 13.1. The number of hydrogen-bond donors (Lipinski definition) is 3. The van der Waals surface area contributed by atoms with Crippen LogP contribution < -0.4 is 10.9 Å². The monoisotopic (exact) mass is 309 g/mol. The first-order valence-electron chi connectivity index (χ1n) is 5.35. The van der Waals surface area contributed by atoms with E-state index in [-0.39, 0.29) is 17.1 Å². The summed E-state index contributed by atoms with van der Waals surface area (Å²) >= 11 is 3.41. The third kappa shape index (κ3) is 2.70. The van der Waals surface area contributed by atoms with Crippen molar-refractivity contribution in [2.24, 2.45) is 0 Å². The van der Waals surface area contributed by atoms with E-state index in [1.165, 1.54) is 0 Å². The minimum Gasteiger partial charge on any atom is -0.492 e. The van der Waals surface area contributed by atoms with Gasteiger partial charge in [0.15, 0.2) is 5.69 Å². The quantitative estimate of drug-likeness (QED) is 0.812. The van der Waals surface area contributed by atoms with Crippen molar-refractivity contribution in [3.8, 4) is 5.88 Å². The third-order valence-corrected chi connectivity index (χ3v) is 3.21. The van der Waals surface area contributed by atoms with Crippen molar-refractivity contribution in [2.45, 2.75) is 13.5 Å². The van der Waals surface area contributed by atoms with Gasteiger partial charge in [0.05, 0.1) is 0 Å². The Kier molecular flexibility index (Phi) is 3.66. The van der Waals surface area contributed by atoms with Crippen LogP contribution in [-0.4, -0.2) is 15.1 Å². The van der Waals surface area contributed by atoms with Crippen LogP contribution in [0.1, 0.15) is 11.4 Å². The number of rotatable bonds is 3. The molecule has 1 aromatic carbocycles. The van der Waals surface area contributed by atoms with Crippen LogP contribution in [0.25, 0.3) is 0 Å². The van der Waals surface area contributed by atoms with Gasteiger partial charge in [-0.25, -0.2) is 0 Å². The Morgan fingerprint density at radius 2 is 2.17 bits per heavy atom. The van der Waals surface area contributed by atoms with Crippen molar-refractivity contribution in [1.29, 1.82) is 0 Å². The summed E-state index contributed by atoms with van der Waals surface area (Å²) in [4.78, 5) is 18.0. The Balaban J connectivity index is 2.22. The molecule has 0 amide bonds. The fourth-order valence-electron chi connectivity index (χ4n) is 1.56. The first-order valence-corrected chi connectivity index (χ1v) is 6.14. The first kappa shape index (κ1) is 12.6. The highest BCUT2D eigenvalue weighted by Gasteiger charge is 2.09. The Morgan fingerprint density at radius 1 is 1.44 bits per heavy atom. The van der Waals surface area contributed by atoms with Crippen LogP contribution in [0, 0.1) is 6.92 Å². The molecule has 5 nitrogen and oxygen atoms in total. The summed E-state index contributed by atoms with van der Waals surface area (Å²) in [6, 6.07) is 7.64. The highest BCUT2D eigenvalue weighted by molar-refractivity contribution is 9.10. The molecule has 6 heteroatoms. The van der Waals surface area contributed by atoms with Gasteiger partial charge < -0.3 is 15.4 Å². The van der Waals surface area contributed by atoms with Gasteiger partial charge in [-0.2, -0.15) is 4.98 Å². The van der Waals surface area contributed by atoms with Gasteiger partial charge in [-0.3, -0.25) is 4.79 Å². The molecule has 0 atom stereocenters. The average Bonchev–Trinajstić information content (AvgIpc) is 2.30. The maximum absolute atomic E-state index is 11.6. The van der Waals surface area contributed by atoms with Crippen LogP contribution in [-0.2, 0) is 6.54 Å². The number of nitrogens with one attached hydrogen (secondary N) is 2. The molecule has 0 saturated heterocycles. The molecule has 0 saturated carbocycles. The van der Waals surface area contributed by atoms with Gasteiger partial charge in [-0.15, -0.1) is 0 Å². The minimum atomic E-state index is -0.382. The second kappa shape index (κ2) is 5.22. The van der Waals surface area contributed by atoms with E-state index in [0.717, 1.165) is 10.0 Å². The second-order valence-corrected chi connectivity index (χ2v) is 4.65. The lowest BCUT2D eigenvalue weighted by Crippen LogP contribution is -2.16. The van der Waals surface area contributed by atoms with E-state index < -0.39 is 0 Å². The van der Waals surface area contributed by atoms with E-state index in [4.69, 9.17) is 0 Å². The molecule has 2 rings (SSSR count). The Hall–Kier alpha value is -1.82. The Labute approximate surface area is 112 Å². The van der Waals surface area contributed by atoms with E-state index in [1.54, 1.807) is 6.92 Å². The number of benzene rings is 1. The zero-order valence-corrected chi connectivity index (χ0v) is 11.3. The van der Waals surface area contributed by atoms with Gasteiger partial charge in [-0.1, -0.05) is 34.1 Å². The number of aromatic hydroxyl groups is 1. The largest absolute Gasteiger partial charge is 0.492 e. The molecule has 1 aromatic heterocycles. The smallest absolute Gasteiger partial charge is 0.278 e. The molecule has 0 aliphatic heterocycles. The maximum Gasteiger partial charge on any atom is 0.278 e. The lowest BCUT2D eigenvalue weighted by atomic mass is 10.2. The van der Waals surface area contributed by atoms with Gasteiger partial charge in [0.1, 0.15) is 5.82 Å². The van der Waals surface area contributed by atoms with Crippen molar-refractivity contribution in [3.05, 3.63) is 50.5 Å². The standard InChI is InChI=1S/C12H12BrN3O2/c1-7-15-11(17)10(12(18)16-7)14-6-8-4-2-3-5-9(8)13/h2-5,14H,6H2,1H3,(H2,15,16,17,18). The number of aryl methyl sites for hydroxylation is 1. The van der Waals surface area contributed by atoms with Crippen LogP contribution in [0.15, 0.2) is 33.5 Å². The fourth-order valence-corrected chi connectivity index (χ4v) is 1.98. The van der Waals surface area contributed by atoms with Crippen molar-refractivity contribution >= 4 is 21.6 Å². The van der Waals surface area contributed by atoms with Gasteiger partial charge in [0.25, 0.3) is 5.56 Å². The highest BCUT2D eigenvalue weighted by atomic mass is 79.9. The van der Waals surface area contributed by atoms with E-state index >= 15 is 0 Å². The maximum atomic E-state index is 11.6. The molecule has 0 fully saturated rings. The van der Waals surface area contributed by atoms with Gasteiger partial charge in [-0.05, 0) is 18.6 Å². The summed E-state index contributed by atoms with van der Waals surface area (Å²) in [5.41, 5.74) is 0.681. The van der Waals surface area contributed by atoms with Gasteiger partial charge >= 0.3 is 0 Å². The first-order chi connectivity index (χ1) is 8.58.